The van der Waals surface area contributed by atoms with Crippen LogP contribution in [0.5, 0.6) is 0 Å². The third-order valence-corrected chi connectivity index (χ3v) is 2.56. The van der Waals surface area contributed by atoms with E-state index in [1.54, 1.807) is 6.07 Å². The van der Waals surface area contributed by atoms with Crippen molar-refractivity contribution in [3.63, 3.8) is 0 Å². The first-order chi connectivity index (χ1) is 7.51. The van der Waals surface area contributed by atoms with E-state index < -0.39 is 11.8 Å². The molecule has 1 atom stereocenters. The van der Waals surface area contributed by atoms with E-state index in [-0.39, 0.29) is 19.0 Å². The molecule has 5 heteroatoms. The first-order valence-corrected chi connectivity index (χ1v) is 4.80. The molecule has 0 spiro atoms. The van der Waals surface area contributed by atoms with E-state index in [0.29, 0.717) is 5.56 Å². The Hall–Kier alpha value is -1.46. The number of halogens is 1. The van der Waals surface area contributed by atoms with Gasteiger partial charge in [-0.05, 0) is 23.3 Å². The molecule has 0 bridgehead atoms. The van der Waals surface area contributed by atoms with E-state index >= 15 is 0 Å². The van der Waals surface area contributed by atoms with Crippen LogP contribution in [0, 0.1) is 5.82 Å². The van der Waals surface area contributed by atoms with Crippen molar-refractivity contribution in [3.8, 4) is 0 Å². The Labute approximate surface area is 91.6 Å². The van der Waals surface area contributed by atoms with Crippen LogP contribution >= 0.6 is 0 Å². The molecule has 0 amide bonds. The lowest BCUT2D eigenvalue weighted by molar-refractivity contribution is -0.240. The number of carboxylic acids is 1. The van der Waals surface area contributed by atoms with Crippen LogP contribution in [0.25, 0.3) is 0 Å². The minimum Gasteiger partial charge on any atom is -0.477 e. The largest absolute Gasteiger partial charge is 0.477 e. The predicted molar refractivity (Wildman–Crippen MR) is 52.0 cm³/mol. The number of hydrogen-bond acceptors (Lipinski definition) is 3. The number of carbonyl (C=O) groups is 1. The molecule has 1 heterocycles. The topological polar surface area (TPSA) is 55.8 Å². The molecule has 2 rings (SSSR count). The van der Waals surface area contributed by atoms with Gasteiger partial charge < -0.3 is 14.6 Å². The predicted octanol–water partition coefficient (Wildman–Crippen LogP) is 1.67. The molecule has 0 fully saturated rings. The van der Waals surface area contributed by atoms with Crippen LogP contribution in [0.1, 0.15) is 18.1 Å². The molecule has 86 valence electrons. The maximum absolute atomic E-state index is 13.0. The van der Waals surface area contributed by atoms with Gasteiger partial charge in [0.2, 0.25) is 0 Å². The monoisotopic (exact) mass is 226 g/mol. The first-order valence-electron chi connectivity index (χ1n) is 4.80. The molecule has 1 aromatic rings. The SMILES string of the molecule is CC1(C(=O)O)OCc2ccc(F)cc2CO1. The van der Waals surface area contributed by atoms with E-state index in [1.807, 2.05) is 0 Å². The average Bonchev–Trinajstić information content (AvgIpc) is 2.40. The molecule has 4 nitrogen and oxygen atoms in total. The summed E-state index contributed by atoms with van der Waals surface area (Å²) < 4.78 is 23.3. The Bertz CT molecular complexity index is 432. The van der Waals surface area contributed by atoms with Crippen LogP contribution in [0.4, 0.5) is 4.39 Å². The molecule has 0 saturated heterocycles. The zero-order chi connectivity index (χ0) is 11.8. The van der Waals surface area contributed by atoms with Crippen LogP contribution < -0.4 is 0 Å². The second-order valence-corrected chi connectivity index (χ2v) is 3.74. The van der Waals surface area contributed by atoms with Crippen molar-refractivity contribution in [1.82, 2.24) is 0 Å². The number of rotatable bonds is 1. The maximum atomic E-state index is 13.0. The molecule has 0 aromatic heterocycles. The van der Waals surface area contributed by atoms with Gasteiger partial charge in [-0.15, -0.1) is 0 Å². The highest BCUT2D eigenvalue weighted by molar-refractivity contribution is 5.75. The lowest BCUT2D eigenvalue weighted by Gasteiger charge is -2.22. The number of carboxylic acid groups (broad SMARTS) is 1. The summed E-state index contributed by atoms with van der Waals surface area (Å²) in [6.07, 6.45) is 0. The van der Waals surface area contributed by atoms with Crippen molar-refractivity contribution >= 4 is 5.97 Å². The minimum atomic E-state index is -1.67. The molecule has 1 aromatic carbocycles. The normalized spacial score (nSPS) is 24.6. The van der Waals surface area contributed by atoms with Crippen molar-refractivity contribution < 1.29 is 23.8 Å². The van der Waals surface area contributed by atoms with Gasteiger partial charge in [0.25, 0.3) is 5.79 Å². The van der Waals surface area contributed by atoms with Crippen molar-refractivity contribution in [1.29, 1.82) is 0 Å². The molecule has 0 saturated carbocycles. The summed E-state index contributed by atoms with van der Waals surface area (Å²) in [6, 6.07) is 4.21. The van der Waals surface area contributed by atoms with Crippen LogP contribution in [-0.2, 0) is 27.5 Å². The second kappa shape index (κ2) is 3.84. The maximum Gasteiger partial charge on any atom is 0.364 e. The van der Waals surface area contributed by atoms with Gasteiger partial charge in [-0.2, -0.15) is 0 Å². The fourth-order valence-corrected chi connectivity index (χ4v) is 1.47. The van der Waals surface area contributed by atoms with Crippen LogP contribution in [0.15, 0.2) is 18.2 Å². The van der Waals surface area contributed by atoms with Gasteiger partial charge in [0.1, 0.15) is 5.82 Å². The van der Waals surface area contributed by atoms with Crippen molar-refractivity contribution in [2.24, 2.45) is 0 Å². The highest BCUT2D eigenvalue weighted by Gasteiger charge is 2.37. The summed E-state index contributed by atoms with van der Waals surface area (Å²) in [7, 11) is 0. The fraction of sp³-hybridized carbons (Fsp3) is 0.364. The summed E-state index contributed by atoms with van der Waals surface area (Å²) in [5.41, 5.74) is 1.36. The lowest BCUT2D eigenvalue weighted by Crippen LogP contribution is -2.39. The van der Waals surface area contributed by atoms with Gasteiger partial charge in [-0.25, -0.2) is 9.18 Å². The van der Waals surface area contributed by atoms with Gasteiger partial charge in [-0.3, -0.25) is 0 Å². The fourth-order valence-electron chi connectivity index (χ4n) is 1.47. The lowest BCUT2D eigenvalue weighted by atomic mass is 10.1. The highest BCUT2D eigenvalue weighted by Crippen LogP contribution is 2.25. The Kier molecular flexibility index (Phi) is 2.65. The van der Waals surface area contributed by atoms with Crippen LogP contribution in [0.3, 0.4) is 0 Å². The smallest absolute Gasteiger partial charge is 0.364 e. The van der Waals surface area contributed by atoms with E-state index in [9.17, 15) is 9.18 Å². The van der Waals surface area contributed by atoms with E-state index in [4.69, 9.17) is 14.6 Å². The minimum absolute atomic E-state index is 0.0237. The van der Waals surface area contributed by atoms with Crippen molar-refractivity contribution in [2.75, 3.05) is 0 Å². The Morgan fingerprint density at radius 3 is 2.62 bits per heavy atom. The van der Waals surface area contributed by atoms with Gasteiger partial charge >= 0.3 is 5.97 Å². The standard InChI is InChI=1S/C11H11FO4/c1-11(10(13)14)15-5-7-2-3-9(12)4-8(7)6-16-11/h2-4H,5-6H2,1H3,(H,13,14). The van der Waals surface area contributed by atoms with Crippen molar-refractivity contribution in [3.05, 3.63) is 35.1 Å². The number of benzene rings is 1. The average molecular weight is 226 g/mol. The second-order valence-electron chi connectivity index (χ2n) is 3.74. The first kappa shape index (κ1) is 11.0. The zero-order valence-electron chi connectivity index (χ0n) is 8.70. The zero-order valence-corrected chi connectivity index (χ0v) is 8.70. The van der Waals surface area contributed by atoms with Crippen molar-refractivity contribution in [2.45, 2.75) is 25.9 Å². The molecule has 0 radical (unpaired) electrons. The van der Waals surface area contributed by atoms with E-state index in [2.05, 4.69) is 0 Å². The molecule has 0 aliphatic carbocycles. The quantitative estimate of drug-likeness (QED) is 0.791. The summed E-state index contributed by atoms with van der Waals surface area (Å²) in [5.74, 6) is -3.24. The molecular weight excluding hydrogens is 215 g/mol. The molecule has 1 unspecified atom stereocenters. The number of ether oxygens (including phenoxy) is 2. The Balaban J connectivity index is 2.28. The van der Waals surface area contributed by atoms with Crippen LogP contribution in [-0.4, -0.2) is 16.9 Å². The molecule has 1 aliphatic rings. The van der Waals surface area contributed by atoms with Gasteiger partial charge in [0.15, 0.2) is 0 Å². The number of hydrogen-bond donors (Lipinski definition) is 1. The molecule has 1 N–H and O–H groups in total. The third-order valence-electron chi connectivity index (χ3n) is 2.56. The highest BCUT2D eigenvalue weighted by atomic mass is 19.1. The number of fused-ring (bicyclic) bond motifs is 1. The summed E-state index contributed by atoms with van der Waals surface area (Å²) >= 11 is 0. The van der Waals surface area contributed by atoms with Gasteiger partial charge in [-0.1, -0.05) is 6.07 Å². The van der Waals surface area contributed by atoms with Crippen LogP contribution in [0.2, 0.25) is 0 Å². The number of aliphatic carboxylic acids is 1. The Morgan fingerprint density at radius 1 is 1.38 bits per heavy atom. The summed E-state index contributed by atoms with van der Waals surface area (Å²) in [4.78, 5) is 10.9. The molecule has 16 heavy (non-hydrogen) atoms. The van der Waals surface area contributed by atoms with Gasteiger partial charge in [0, 0.05) is 6.92 Å². The molecular formula is C11H11FO4. The van der Waals surface area contributed by atoms with Gasteiger partial charge in [0.05, 0.1) is 13.2 Å². The summed E-state index contributed by atoms with van der Waals surface area (Å²) in [6.45, 7) is 1.45. The molecule has 1 aliphatic heterocycles. The van der Waals surface area contributed by atoms with E-state index in [0.717, 1.165) is 5.56 Å². The Morgan fingerprint density at radius 2 is 2.00 bits per heavy atom. The third kappa shape index (κ3) is 1.91. The summed E-state index contributed by atoms with van der Waals surface area (Å²) in [5, 5.41) is 8.93. The van der Waals surface area contributed by atoms with E-state index in [1.165, 1.54) is 19.1 Å².